The van der Waals surface area contributed by atoms with Crippen LogP contribution in [-0.4, -0.2) is 65.3 Å². The molecule has 1 heterocycles. The number of carbonyl (C=O) groups is 1. The van der Waals surface area contributed by atoms with Crippen molar-refractivity contribution in [3.63, 3.8) is 0 Å². The van der Waals surface area contributed by atoms with Crippen LogP contribution in [0.5, 0.6) is 11.5 Å². The summed E-state index contributed by atoms with van der Waals surface area (Å²) in [5.41, 5.74) is 2.51. The van der Waals surface area contributed by atoms with Gasteiger partial charge in [-0.1, -0.05) is 80.9 Å². The average molecular weight is 626 g/mol. The molecule has 0 spiro atoms. The number of hydrogen-bond donors (Lipinski definition) is 1. The maximum atomic E-state index is 11.9. The van der Waals surface area contributed by atoms with Crippen molar-refractivity contribution >= 4 is 38.2 Å². The van der Waals surface area contributed by atoms with E-state index >= 15 is 0 Å². The number of aryl methyl sites for hydroxylation is 2. The molecule has 1 aliphatic heterocycles. The zero-order chi connectivity index (χ0) is 32.0. The summed E-state index contributed by atoms with van der Waals surface area (Å²) < 4.78 is 27.9. The van der Waals surface area contributed by atoms with Crippen LogP contribution < -0.4 is 14.8 Å². The first kappa shape index (κ1) is 33.5. The minimum absolute atomic E-state index is 0.141. The molecular weight excluding hydrogens is 578 g/mol. The fourth-order valence-electron chi connectivity index (χ4n) is 5.81. The molecule has 5 aromatic rings. The van der Waals surface area contributed by atoms with Crippen molar-refractivity contribution in [3.05, 3.63) is 83.9 Å². The van der Waals surface area contributed by atoms with E-state index < -0.39 is 0 Å². The topological polar surface area (TPSA) is 75.3 Å². The molecule has 0 radical (unpaired) electrons. The molecule has 1 amide bonds. The summed E-state index contributed by atoms with van der Waals surface area (Å²) in [6.45, 7) is 9.38. The quantitative estimate of drug-likeness (QED) is 0.189. The molecule has 244 valence electrons. The Morgan fingerprint density at radius 2 is 1.24 bits per heavy atom. The largest absolute Gasteiger partial charge is 0.487 e. The number of hydrogen-bond acceptors (Lipinski definition) is 6. The Morgan fingerprint density at radius 1 is 0.630 bits per heavy atom. The number of amides is 1. The van der Waals surface area contributed by atoms with Gasteiger partial charge in [0.15, 0.2) is 11.5 Å². The summed E-state index contributed by atoms with van der Waals surface area (Å²) in [5.74, 6) is 1.68. The van der Waals surface area contributed by atoms with Gasteiger partial charge in [-0.05, 0) is 74.8 Å². The molecule has 6 rings (SSSR count). The van der Waals surface area contributed by atoms with E-state index in [0.29, 0.717) is 59.3 Å². The lowest BCUT2D eigenvalue weighted by Gasteiger charge is -2.14. The molecule has 0 aromatic heterocycles. The summed E-state index contributed by atoms with van der Waals surface area (Å²) in [5, 5.41) is 10.7. The van der Waals surface area contributed by atoms with E-state index in [-0.39, 0.29) is 5.91 Å². The first-order valence-corrected chi connectivity index (χ1v) is 16.7. The Kier molecular flexibility index (Phi) is 12.9. The van der Waals surface area contributed by atoms with Crippen LogP contribution in [0.25, 0.3) is 32.3 Å². The Morgan fingerprint density at radius 3 is 1.91 bits per heavy atom. The van der Waals surface area contributed by atoms with Gasteiger partial charge in [-0.25, -0.2) is 0 Å². The molecule has 0 aliphatic carbocycles. The number of rotatable bonds is 7. The second kappa shape index (κ2) is 17.7. The van der Waals surface area contributed by atoms with Crippen molar-refractivity contribution in [1.82, 2.24) is 5.32 Å². The van der Waals surface area contributed by atoms with Gasteiger partial charge in [0.1, 0.15) is 13.2 Å². The summed E-state index contributed by atoms with van der Waals surface area (Å²) in [7, 11) is 0. The van der Waals surface area contributed by atoms with Crippen LogP contribution in [0.4, 0.5) is 0 Å². The first-order chi connectivity index (χ1) is 22.7. The van der Waals surface area contributed by atoms with Crippen molar-refractivity contribution in [2.45, 2.75) is 46.0 Å². The molecular formula is C39H47NO6. The summed E-state index contributed by atoms with van der Waals surface area (Å²) in [6, 6.07) is 25.7. The second-order valence-corrected chi connectivity index (χ2v) is 11.5. The lowest BCUT2D eigenvalue weighted by Crippen LogP contribution is -2.24. The molecule has 46 heavy (non-hydrogen) atoms. The van der Waals surface area contributed by atoms with Crippen molar-refractivity contribution < 1.29 is 28.5 Å². The lowest BCUT2D eigenvalue weighted by atomic mass is 9.91. The number of benzene rings is 5. The van der Waals surface area contributed by atoms with Gasteiger partial charge < -0.3 is 29.0 Å². The van der Waals surface area contributed by atoms with E-state index in [1.165, 1.54) is 43.4 Å². The van der Waals surface area contributed by atoms with E-state index in [1.807, 2.05) is 6.07 Å². The van der Waals surface area contributed by atoms with E-state index in [0.717, 1.165) is 43.7 Å². The highest BCUT2D eigenvalue weighted by Gasteiger charge is 2.12. The zero-order valence-corrected chi connectivity index (χ0v) is 27.3. The molecule has 7 nitrogen and oxygen atoms in total. The lowest BCUT2D eigenvalue weighted by molar-refractivity contribution is -0.121. The summed E-state index contributed by atoms with van der Waals surface area (Å²) in [6.07, 6.45) is 4.45. The summed E-state index contributed by atoms with van der Waals surface area (Å²) in [4.78, 5) is 11.9. The maximum Gasteiger partial charge on any atom is 0.220 e. The van der Waals surface area contributed by atoms with Crippen molar-refractivity contribution in [2.75, 3.05) is 59.4 Å². The van der Waals surface area contributed by atoms with Crippen molar-refractivity contribution in [3.8, 4) is 11.5 Å². The molecule has 0 saturated carbocycles. The Balaban J connectivity index is 0.000000182. The molecule has 1 aliphatic rings. The SMILES string of the molecule is CCCNC(=O)CCc1ccc2ccc3cccc4ccc1c2c34.CCCc1ccc2c(c1)OCCOCCOCCOCCO2. The number of carbonyl (C=O) groups excluding carboxylic acids is 1. The van der Waals surface area contributed by atoms with Crippen LogP contribution in [0.3, 0.4) is 0 Å². The molecule has 7 heteroatoms. The van der Waals surface area contributed by atoms with Gasteiger partial charge in [-0.3, -0.25) is 4.79 Å². The number of nitrogens with one attached hydrogen (secondary N) is 1. The number of fused-ring (bicyclic) bond motifs is 1. The highest BCUT2D eigenvalue weighted by atomic mass is 16.6. The van der Waals surface area contributed by atoms with E-state index in [9.17, 15) is 4.79 Å². The Labute approximate surface area is 272 Å². The van der Waals surface area contributed by atoms with Crippen LogP contribution in [0.1, 0.15) is 44.2 Å². The predicted molar refractivity (Wildman–Crippen MR) is 186 cm³/mol. The zero-order valence-electron chi connectivity index (χ0n) is 27.3. The third kappa shape index (κ3) is 9.09. The monoisotopic (exact) mass is 625 g/mol. The van der Waals surface area contributed by atoms with Gasteiger partial charge in [-0.15, -0.1) is 0 Å². The first-order valence-electron chi connectivity index (χ1n) is 16.7. The van der Waals surface area contributed by atoms with Gasteiger partial charge in [0.05, 0.1) is 39.6 Å². The fraction of sp³-hybridized carbons (Fsp3) is 0.410. The smallest absolute Gasteiger partial charge is 0.220 e. The molecule has 0 bridgehead atoms. The third-order valence-corrected chi connectivity index (χ3v) is 8.07. The molecule has 0 unspecified atom stereocenters. The molecule has 0 saturated heterocycles. The van der Waals surface area contributed by atoms with Gasteiger partial charge in [0, 0.05) is 13.0 Å². The highest BCUT2D eigenvalue weighted by Crippen LogP contribution is 2.36. The van der Waals surface area contributed by atoms with Crippen LogP contribution in [0, 0.1) is 0 Å². The van der Waals surface area contributed by atoms with Gasteiger partial charge in [0.2, 0.25) is 5.91 Å². The molecule has 1 N–H and O–H groups in total. The third-order valence-electron chi connectivity index (χ3n) is 8.07. The van der Waals surface area contributed by atoms with E-state index in [1.54, 1.807) is 0 Å². The second-order valence-electron chi connectivity index (χ2n) is 11.5. The van der Waals surface area contributed by atoms with Crippen LogP contribution in [0.15, 0.2) is 72.8 Å². The predicted octanol–water partition coefficient (Wildman–Crippen LogP) is 7.50. The number of ether oxygens (including phenoxy) is 5. The van der Waals surface area contributed by atoms with Gasteiger partial charge in [-0.2, -0.15) is 0 Å². The van der Waals surface area contributed by atoms with Crippen molar-refractivity contribution in [2.24, 2.45) is 0 Å². The Bertz CT molecular complexity index is 1650. The summed E-state index contributed by atoms with van der Waals surface area (Å²) >= 11 is 0. The van der Waals surface area contributed by atoms with Crippen LogP contribution in [0.2, 0.25) is 0 Å². The highest BCUT2D eigenvalue weighted by molar-refractivity contribution is 6.23. The maximum absolute atomic E-state index is 11.9. The van der Waals surface area contributed by atoms with Crippen molar-refractivity contribution in [1.29, 1.82) is 0 Å². The standard InChI is InChI=1S/C22H21NO.C17H26O5/c1-2-14-23-20(24)13-11-15-6-7-18-9-8-16-4-3-5-17-10-12-19(15)22(18)21(16)17;1-2-3-15-4-5-16-17(14-15)22-13-11-20-9-7-18-6-8-19-10-12-21-16/h3-10,12H,2,11,13-14H2,1H3,(H,23,24);4-5,14H,2-3,6-13H2,1H3. The van der Waals surface area contributed by atoms with Crippen LogP contribution in [-0.2, 0) is 31.8 Å². The van der Waals surface area contributed by atoms with Gasteiger partial charge >= 0.3 is 0 Å². The average Bonchev–Trinajstić information content (AvgIpc) is 3.09. The van der Waals surface area contributed by atoms with E-state index in [4.69, 9.17) is 23.7 Å². The Hall–Kier alpha value is -3.91. The minimum Gasteiger partial charge on any atom is -0.487 e. The molecule has 0 fully saturated rings. The van der Waals surface area contributed by atoms with Crippen LogP contribution >= 0.6 is 0 Å². The molecule has 5 aromatic carbocycles. The van der Waals surface area contributed by atoms with E-state index in [2.05, 4.69) is 85.9 Å². The molecule has 0 atom stereocenters. The fourth-order valence-corrected chi connectivity index (χ4v) is 5.81. The minimum atomic E-state index is 0.141. The normalized spacial score (nSPS) is 14.7. The van der Waals surface area contributed by atoms with Gasteiger partial charge in [0.25, 0.3) is 0 Å².